The van der Waals surface area contributed by atoms with E-state index in [-0.39, 0.29) is 5.91 Å². The summed E-state index contributed by atoms with van der Waals surface area (Å²) in [7, 11) is 1.64. The van der Waals surface area contributed by atoms with Gasteiger partial charge in [0.15, 0.2) is 5.16 Å². The Labute approximate surface area is 144 Å². The van der Waals surface area contributed by atoms with Gasteiger partial charge in [-0.3, -0.25) is 4.79 Å². The van der Waals surface area contributed by atoms with Gasteiger partial charge in [-0.1, -0.05) is 30.0 Å². The highest BCUT2D eigenvalue weighted by Crippen LogP contribution is 2.23. The van der Waals surface area contributed by atoms with E-state index in [1.165, 1.54) is 11.8 Å². The first-order valence-corrected chi connectivity index (χ1v) is 8.40. The number of nitrogens with zero attached hydrogens (tertiary/aromatic N) is 1. The number of ether oxygens (including phenoxy) is 1. The van der Waals surface area contributed by atoms with E-state index in [4.69, 9.17) is 4.74 Å². The Morgan fingerprint density at radius 2 is 1.92 bits per heavy atom. The molecule has 0 aliphatic heterocycles. The lowest BCUT2D eigenvalue weighted by atomic mass is 10.2. The van der Waals surface area contributed by atoms with Crippen LogP contribution in [0.3, 0.4) is 0 Å². The van der Waals surface area contributed by atoms with Crippen molar-refractivity contribution < 1.29 is 9.53 Å². The van der Waals surface area contributed by atoms with E-state index in [2.05, 4.69) is 15.3 Å². The van der Waals surface area contributed by atoms with Gasteiger partial charge >= 0.3 is 0 Å². The summed E-state index contributed by atoms with van der Waals surface area (Å²) in [5.41, 5.74) is 2.72. The summed E-state index contributed by atoms with van der Waals surface area (Å²) in [4.78, 5) is 19.5. The highest BCUT2D eigenvalue weighted by molar-refractivity contribution is 7.99. The van der Waals surface area contributed by atoms with Crippen molar-refractivity contribution >= 4 is 23.4 Å². The monoisotopic (exact) mass is 339 g/mol. The average molecular weight is 339 g/mol. The highest BCUT2D eigenvalue weighted by atomic mass is 32.2. The summed E-state index contributed by atoms with van der Waals surface area (Å²) in [6, 6.07) is 17.1. The molecule has 0 fully saturated rings. The third-order valence-electron chi connectivity index (χ3n) is 3.35. The Balaban J connectivity index is 1.56. The number of thioether (sulfide) groups is 1. The van der Waals surface area contributed by atoms with Crippen LogP contribution < -0.4 is 10.1 Å². The van der Waals surface area contributed by atoms with Crippen molar-refractivity contribution in [3.63, 3.8) is 0 Å². The molecule has 0 saturated carbocycles. The van der Waals surface area contributed by atoms with Gasteiger partial charge in [-0.15, -0.1) is 0 Å². The molecular weight excluding hydrogens is 322 g/mol. The summed E-state index contributed by atoms with van der Waals surface area (Å²) in [6.45, 7) is 0. The van der Waals surface area contributed by atoms with Crippen LogP contribution in [0, 0.1) is 0 Å². The third-order valence-corrected chi connectivity index (χ3v) is 4.24. The Kier molecular flexibility index (Phi) is 5.18. The minimum absolute atomic E-state index is 0.0615. The van der Waals surface area contributed by atoms with Crippen molar-refractivity contribution in [3.05, 3.63) is 60.8 Å². The molecule has 0 unspecified atom stereocenters. The van der Waals surface area contributed by atoms with E-state index in [1.54, 1.807) is 13.3 Å². The molecular formula is C18H17N3O2S. The number of imidazole rings is 1. The number of carbonyl (C=O) groups is 1. The average Bonchev–Trinajstić information content (AvgIpc) is 3.10. The van der Waals surface area contributed by atoms with Crippen LogP contribution in [0.15, 0.2) is 66.0 Å². The van der Waals surface area contributed by atoms with Gasteiger partial charge in [0, 0.05) is 5.69 Å². The Morgan fingerprint density at radius 3 is 2.62 bits per heavy atom. The summed E-state index contributed by atoms with van der Waals surface area (Å²) in [5.74, 6) is 1.05. The number of methoxy groups -OCH3 is 1. The molecule has 1 heterocycles. The molecule has 5 nitrogen and oxygen atoms in total. The van der Waals surface area contributed by atoms with E-state index >= 15 is 0 Å². The van der Waals surface area contributed by atoms with Gasteiger partial charge in [0.1, 0.15) is 5.75 Å². The smallest absolute Gasteiger partial charge is 0.234 e. The Morgan fingerprint density at radius 1 is 1.17 bits per heavy atom. The summed E-state index contributed by atoms with van der Waals surface area (Å²) in [5, 5.41) is 3.56. The number of aromatic nitrogens is 2. The van der Waals surface area contributed by atoms with Crippen LogP contribution in [0.2, 0.25) is 0 Å². The van der Waals surface area contributed by atoms with Crippen LogP contribution >= 0.6 is 11.8 Å². The molecule has 0 aliphatic rings. The lowest BCUT2D eigenvalue weighted by Crippen LogP contribution is -2.13. The first-order chi connectivity index (χ1) is 11.7. The molecule has 122 valence electrons. The number of anilines is 1. The van der Waals surface area contributed by atoms with Gasteiger partial charge in [-0.25, -0.2) is 4.98 Å². The van der Waals surface area contributed by atoms with Crippen LogP contribution in [-0.2, 0) is 4.79 Å². The lowest BCUT2D eigenvalue weighted by Gasteiger charge is -2.03. The fraction of sp³-hybridized carbons (Fsp3) is 0.111. The second-order valence-electron chi connectivity index (χ2n) is 5.03. The number of amides is 1. The second kappa shape index (κ2) is 7.70. The van der Waals surface area contributed by atoms with Gasteiger partial charge in [0.2, 0.25) is 5.91 Å². The number of H-pyrrole nitrogens is 1. The van der Waals surface area contributed by atoms with E-state index in [9.17, 15) is 4.79 Å². The maximum atomic E-state index is 11.9. The minimum Gasteiger partial charge on any atom is -0.497 e. The summed E-state index contributed by atoms with van der Waals surface area (Å²) >= 11 is 1.37. The number of hydrogen-bond donors (Lipinski definition) is 2. The number of rotatable bonds is 6. The molecule has 0 bridgehead atoms. The summed E-state index contributed by atoms with van der Waals surface area (Å²) in [6.07, 6.45) is 1.76. The van der Waals surface area contributed by atoms with Gasteiger partial charge in [0.05, 0.1) is 24.8 Å². The molecule has 0 saturated heterocycles. The lowest BCUT2D eigenvalue weighted by molar-refractivity contribution is -0.113. The molecule has 2 N–H and O–H groups in total. The molecule has 0 atom stereocenters. The molecule has 2 aromatic carbocycles. The van der Waals surface area contributed by atoms with Crippen molar-refractivity contribution in [2.24, 2.45) is 0 Å². The SMILES string of the molecule is COc1ccc(-c2cnc(SCC(=O)Nc3ccccc3)[nH]2)cc1. The molecule has 1 amide bonds. The van der Waals surface area contributed by atoms with Crippen LogP contribution in [-0.4, -0.2) is 28.7 Å². The second-order valence-corrected chi connectivity index (χ2v) is 6.00. The first kappa shape index (κ1) is 16.1. The van der Waals surface area contributed by atoms with E-state index in [1.807, 2.05) is 54.6 Å². The van der Waals surface area contributed by atoms with Gasteiger partial charge < -0.3 is 15.0 Å². The maximum absolute atomic E-state index is 11.9. The fourth-order valence-electron chi connectivity index (χ4n) is 2.15. The van der Waals surface area contributed by atoms with E-state index in [0.717, 1.165) is 22.7 Å². The Bertz CT molecular complexity index is 801. The molecule has 0 radical (unpaired) electrons. The molecule has 24 heavy (non-hydrogen) atoms. The normalized spacial score (nSPS) is 10.4. The number of benzene rings is 2. The predicted molar refractivity (Wildman–Crippen MR) is 96.4 cm³/mol. The first-order valence-electron chi connectivity index (χ1n) is 7.42. The van der Waals surface area contributed by atoms with E-state index in [0.29, 0.717) is 10.9 Å². The highest BCUT2D eigenvalue weighted by Gasteiger charge is 2.07. The standard InChI is InChI=1S/C18H17N3O2S/c1-23-15-9-7-13(8-10-15)16-11-19-18(21-16)24-12-17(22)20-14-5-3-2-4-6-14/h2-11H,12H2,1H3,(H,19,21)(H,20,22). The van der Waals surface area contributed by atoms with Crippen molar-refractivity contribution in [3.8, 4) is 17.0 Å². The van der Waals surface area contributed by atoms with Crippen LogP contribution in [0.1, 0.15) is 0 Å². The minimum atomic E-state index is -0.0615. The van der Waals surface area contributed by atoms with E-state index < -0.39 is 0 Å². The number of para-hydroxylation sites is 1. The maximum Gasteiger partial charge on any atom is 0.234 e. The van der Waals surface area contributed by atoms with Gasteiger partial charge in [0.25, 0.3) is 0 Å². The van der Waals surface area contributed by atoms with Gasteiger partial charge in [-0.2, -0.15) is 0 Å². The number of nitrogens with one attached hydrogen (secondary N) is 2. The van der Waals surface area contributed by atoms with Gasteiger partial charge in [-0.05, 0) is 42.0 Å². The quantitative estimate of drug-likeness (QED) is 0.670. The zero-order valence-electron chi connectivity index (χ0n) is 13.2. The molecule has 3 aromatic rings. The van der Waals surface area contributed by atoms with Crippen LogP contribution in [0.4, 0.5) is 5.69 Å². The van der Waals surface area contributed by atoms with Crippen LogP contribution in [0.25, 0.3) is 11.3 Å². The fourth-order valence-corrected chi connectivity index (χ4v) is 2.80. The predicted octanol–water partition coefficient (Wildman–Crippen LogP) is 3.82. The molecule has 3 rings (SSSR count). The van der Waals surface area contributed by atoms with Crippen molar-refractivity contribution in [2.45, 2.75) is 5.16 Å². The number of carbonyl (C=O) groups excluding carboxylic acids is 1. The number of hydrogen-bond acceptors (Lipinski definition) is 4. The number of aromatic amines is 1. The molecule has 0 spiro atoms. The zero-order valence-corrected chi connectivity index (χ0v) is 14.0. The summed E-state index contributed by atoms with van der Waals surface area (Å²) < 4.78 is 5.15. The van der Waals surface area contributed by atoms with Crippen LogP contribution in [0.5, 0.6) is 5.75 Å². The largest absolute Gasteiger partial charge is 0.497 e. The Hall–Kier alpha value is -2.73. The zero-order chi connectivity index (χ0) is 16.8. The topological polar surface area (TPSA) is 67.0 Å². The third kappa shape index (κ3) is 4.17. The molecule has 0 aliphatic carbocycles. The van der Waals surface area contributed by atoms with Crippen molar-refractivity contribution in [1.82, 2.24) is 9.97 Å². The van der Waals surface area contributed by atoms with Crippen molar-refractivity contribution in [1.29, 1.82) is 0 Å². The molecule has 6 heteroatoms. The van der Waals surface area contributed by atoms with Crippen molar-refractivity contribution in [2.75, 3.05) is 18.2 Å². The molecule has 1 aromatic heterocycles.